The highest BCUT2D eigenvalue weighted by atomic mass is 16.6. The van der Waals surface area contributed by atoms with Gasteiger partial charge < -0.3 is 44.4 Å². The maximum absolute atomic E-state index is 13.4. The van der Waals surface area contributed by atoms with Crippen molar-refractivity contribution in [3.8, 4) is 121 Å². The van der Waals surface area contributed by atoms with Crippen LogP contribution in [0.25, 0.3) is 106 Å². The van der Waals surface area contributed by atoms with Gasteiger partial charge in [-0.05, 0) is 315 Å². The van der Waals surface area contributed by atoms with Gasteiger partial charge in [0.15, 0.2) is 0 Å². The minimum atomic E-state index is -0.850. The van der Waals surface area contributed by atoms with Gasteiger partial charge in [0.05, 0.1) is 66.1 Å². The molecule has 14 aromatic heterocycles. The fourth-order valence-electron chi connectivity index (χ4n) is 15.5. The number of likely N-dealkylation sites (N-methyl/N-ethyl adjacent to an activating group) is 3. The lowest BCUT2D eigenvalue weighted by atomic mass is 10.0. The van der Waals surface area contributed by atoms with Crippen molar-refractivity contribution in [1.82, 2.24) is 82.7 Å². The molecule has 744 valence electrons. The highest BCUT2D eigenvalue weighted by Gasteiger charge is 2.34. The van der Waals surface area contributed by atoms with Crippen LogP contribution in [0.4, 0.5) is 31.8 Å². The van der Waals surface area contributed by atoms with Crippen molar-refractivity contribution in [1.29, 1.82) is 0 Å². The summed E-state index contributed by atoms with van der Waals surface area (Å²) in [6.07, 6.45) is 10.8. The molecular formula is C115H112N20O12. The van der Waals surface area contributed by atoms with Crippen LogP contribution in [0.15, 0.2) is 244 Å². The Morgan fingerprint density at radius 2 is 0.653 bits per heavy atom. The van der Waals surface area contributed by atoms with Crippen molar-refractivity contribution in [2.45, 2.75) is 146 Å². The van der Waals surface area contributed by atoms with Gasteiger partial charge in [-0.25, -0.2) is 59.2 Å². The monoisotopic (exact) mass is 1960 g/mol. The summed E-state index contributed by atoms with van der Waals surface area (Å²) in [7, 11) is 9.28. The van der Waals surface area contributed by atoms with E-state index in [1.165, 1.54) is 35.8 Å². The predicted molar refractivity (Wildman–Crippen MR) is 568 cm³/mol. The number of nitrogens with one attached hydrogen (secondary N) is 3. The zero-order valence-corrected chi connectivity index (χ0v) is 85.8. The molecule has 0 aliphatic carbocycles. The van der Waals surface area contributed by atoms with E-state index in [4.69, 9.17) is 58.3 Å². The summed E-state index contributed by atoms with van der Waals surface area (Å²) in [6, 6.07) is 60.5. The Morgan fingerprint density at radius 3 is 1.00 bits per heavy atom. The van der Waals surface area contributed by atoms with E-state index in [0.717, 1.165) is 94.9 Å². The van der Waals surface area contributed by atoms with E-state index in [2.05, 4.69) is 76.4 Å². The Bertz CT molecular complexity index is 8140. The first kappa shape index (κ1) is 103. The Balaban J connectivity index is 0.000000166. The average Bonchev–Trinajstić information content (AvgIpc) is 1.61. The van der Waals surface area contributed by atoms with E-state index in [-0.39, 0.29) is 17.5 Å². The van der Waals surface area contributed by atoms with Gasteiger partial charge >= 0.3 is 18.3 Å². The van der Waals surface area contributed by atoms with E-state index < -0.39 is 70.9 Å². The van der Waals surface area contributed by atoms with Gasteiger partial charge in [-0.2, -0.15) is 0 Å². The third kappa shape index (κ3) is 24.6. The summed E-state index contributed by atoms with van der Waals surface area (Å²) < 4.78 is 39.2. The van der Waals surface area contributed by atoms with Crippen LogP contribution >= 0.6 is 0 Å². The molecule has 0 unspecified atom stereocenters. The molecule has 0 radical (unpaired) electrons. The van der Waals surface area contributed by atoms with E-state index >= 15 is 0 Å². The average molecular weight is 1970 g/mol. The maximum atomic E-state index is 13.4. The minimum Gasteiger partial charge on any atom is -0.481 e. The zero-order chi connectivity index (χ0) is 105. The van der Waals surface area contributed by atoms with Gasteiger partial charge in [0.1, 0.15) is 103 Å². The van der Waals surface area contributed by atoms with Crippen LogP contribution in [0.1, 0.15) is 139 Å². The zero-order valence-electron chi connectivity index (χ0n) is 85.8. The summed E-state index contributed by atoms with van der Waals surface area (Å²) >= 11 is 0. The van der Waals surface area contributed by atoms with E-state index in [0.29, 0.717) is 85.2 Å². The third-order valence-electron chi connectivity index (χ3n) is 23.3. The standard InChI is InChI=1S/C40H39N7O4.C39H37N7O4.C36H36N6O4/c1-24-19-21-47-34(22-24)45-35(30-10-9-20-41-38(30)50-8)36(47)29-15-18-33(44-37(48)26(3)46(7)39(49)51-40(4,5)6)43-32(29)17-13-27-12-16-31-28(23-27)14-11-25(2)42-31;1-24-18-21-46-33(22-24)44-34(29-11-9-20-41-37(29)49-7)35(46)28-14-17-32(43-36(47)25(2)45(6)38(48)50-39(3,4)5)42-31(28)16-13-26-12-15-30-27(23-26)10-8-19-40-30;1-23-19-21-42-30(22-23)40-31(27-14-11-20-37-34(27)45-7)32(42)26-16-18-29(38-28(26)17-15-25-12-9-8-10-13-25)39-33(43)24(2)41(6)35(44)46-36(3,4)5/h9-12,14-16,18-23,26H,1-8H3,(H,43,44,48);8-12,14-15,17-23,25H,1-7H3,(H,42,43,47);8-14,16,18-22,24H,1-7H3,(H,38,39,43)/t26-;25-;24-/m000/s1. The van der Waals surface area contributed by atoms with Crippen molar-refractivity contribution in [2.75, 3.05) is 58.4 Å². The molecular weight excluding hydrogens is 1850 g/mol. The Labute approximate surface area is 851 Å². The number of imidazole rings is 3. The lowest BCUT2D eigenvalue weighted by Gasteiger charge is -2.28. The molecule has 147 heavy (non-hydrogen) atoms. The molecule has 32 heteroatoms. The largest absolute Gasteiger partial charge is 0.481 e. The number of methoxy groups -OCH3 is 3. The number of aromatic nitrogens is 14. The molecule has 0 saturated carbocycles. The molecule has 0 fully saturated rings. The second kappa shape index (κ2) is 44.1. The molecule has 17 rings (SSSR count). The third-order valence-corrected chi connectivity index (χ3v) is 23.3. The van der Waals surface area contributed by atoms with Gasteiger partial charge in [0, 0.05) is 114 Å². The van der Waals surface area contributed by atoms with Gasteiger partial charge in [-0.3, -0.25) is 52.3 Å². The smallest absolute Gasteiger partial charge is 0.410 e. The quantitative estimate of drug-likeness (QED) is 0.0530. The fraction of sp³-hybridized carbons (Fsp3) is 0.243. The number of aryl methyl sites for hydroxylation is 4. The van der Waals surface area contributed by atoms with Gasteiger partial charge in [0.2, 0.25) is 35.4 Å². The molecule has 0 aliphatic rings. The first-order valence-corrected chi connectivity index (χ1v) is 47.3. The first-order valence-electron chi connectivity index (χ1n) is 47.3. The number of carbonyl (C=O) groups excluding carboxylic acids is 6. The highest BCUT2D eigenvalue weighted by molar-refractivity contribution is 5.99. The number of nitrogens with zero attached hydrogens (tertiary/aromatic N) is 17. The van der Waals surface area contributed by atoms with Crippen LogP contribution in [-0.4, -0.2) is 196 Å². The summed E-state index contributed by atoms with van der Waals surface area (Å²) in [5.41, 5.74) is 17.7. The topological polar surface area (TPSA) is 359 Å². The fourth-order valence-corrected chi connectivity index (χ4v) is 15.5. The number of hydrogen-bond donors (Lipinski definition) is 3. The molecule has 0 saturated heterocycles. The molecule has 6 amide bonds. The number of pyridine rings is 11. The number of amides is 6. The summed E-state index contributed by atoms with van der Waals surface area (Å²) in [5.74, 6) is 20.3. The molecule has 3 atom stereocenters. The summed E-state index contributed by atoms with van der Waals surface area (Å²) in [6.45, 7) is 28.8. The van der Waals surface area contributed by atoms with E-state index in [1.807, 2.05) is 241 Å². The molecule has 17 aromatic rings. The van der Waals surface area contributed by atoms with Gasteiger partial charge in [-0.1, -0.05) is 48.1 Å². The van der Waals surface area contributed by atoms with Crippen LogP contribution < -0.4 is 30.2 Å². The summed E-state index contributed by atoms with van der Waals surface area (Å²) in [5, 5.41) is 10.5. The van der Waals surface area contributed by atoms with Crippen molar-refractivity contribution in [2.24, 2.45) is 0 Å². The first-order chi connectivity index (χ1) is 70.2. The van der Waals surface area contributed by atoms with Crippen molar-refractivity contribution >= 4 is 92.2 Å². The number of hydrogen-bond acceptors (Lipinski definition) is 23. The van der Waals surface area contributed by atoms with Gasteiger partial charge in [0.25, 0.3) is 0 Å². The highest BCUT2D eigenvalue weighted by Crippen LogP contribution is 2.43. The normalized spacial score (nSPS) is 11.8. The van der Waals surface area contributed by atoms with Crippen LogP contribution in [0, 0.1) is 63.2 Å². The lowest BCUT2D eigenvalue weighted by Crippen LogP contribution is -2.45. The SMILES string of the molecule is COc1ncccc1-c1nc2cc(C)ccn2c1-c1ccc(NC(=O)[C@H](C)N(C)C(=O)OC(C)(C)C)nc1C#Cc1ccc2nc(C)ccc2c1.COc1ncccc1-c1nc2cc(C)ccn2c1-c1ccc(NC(=O)[C@H](C)N(C)C(=O)OC(C)(C)C)nc1C#Cc1ccc2ncccc2c1.COc1ncccc1-c1nc2cc(C)ccn2c1-c1ccc(NC(=O)[C@H](C)N(C)C(=O)OC(C)(C)C)nc1C#Cc1ccccc1. The Hall–Kier alpha value is -18.3. The summed E-state index contributed by atoms with van der Waals surface area (Å²) in [4.78, 5) is 134. The molecule has 3 aromatic carbocycles. The number of anilines is 3. The van der Waals surface area contributed by atoms with Crippen LogP contribution in [0.5, 0.6) is 17.6 Å². The van der Waals surface area contributed by atoms with Crippen LogP contribution in [-0.2, 0) is 28.6 Å². The molecule has 0 aliphatic heterocycles. The molecule has 32 nitrogen and oxygen atoms in total. The molecule has 3 N–H and O–H groups in total. The molecule has 0 spiro atoms. The van der Waals surface area contributed by atoms with Gasteiger partial charge in [-0.15, -0.1) is 0 Å². The van der Waals surface area contributed by atoms with Crippen LogP contribution in [0.2, 0.25) is 0 Å². The minimum absolute atomic E-state index is 0.264. The molecule has 14 heterocycles. The second-order valence-electron chi connectivity index (χ2n) is 37.8. The predicted octanol–water partition coefficient (Wildman–Crippen LogP) is 20.5. The number of benzene rings is 3. The number of ether oxygens (including phenoxy) is 6. The Morgan fingerprint density at radius 1 is 0.327 bits per heavy atom. The van der Waals surface area contributed by atoms with Crippen molar-refractivity contribution < 1.29 is 57.2 Å². The van der Waals surface area contributed by atoms with E-state index in [1.54, 1.807) is 147 Å². The Kier molecular flexibility index (Phi) is 30.9. The van der Waals surface area contributed by atoms with E-state index in [9.17, 15) is 28.8 Å². The molecule has 0 bridgehead atoms. The maximum Gasteiger partial charge on any atom is 0.410 e. The number of rotatable bonds is 18. The number of carbonyl (C=O) groups is 6. The van der Waals surface area contributed by atoms with Crippen molar-refractivity contribution in [3.63, 3.8) is 0 Å². The second-order valence-corrected chi connectivity index (χ2v) is 37.8. The van der Waals surface area contributed by atoms with Crippen LogP contribution in [0.3, 0.4) is 0 Å². The lowest BCUT2D eigenvalue weighted by molar-refractivity contribution is -0.121. The number of fused-ring (bicyclic) bond motifs is 5. The van der Waals surface area contributed by atoms with Crippen molar-refractivity contribution in [3.05, 3.63) is 300 Å².